The minimum Gasteiger partial charge on any atom is -0.508 e. The third-order valence-corrected chi connectivity index (χ3v) is 4.60. The van der Waals surface area contributed by atoms with Gasteiger partial charge in [-0.25, -0.2) is 4.98 Å². The van der Waals surface area contributed by atoms with Crippen molar-refractivity contribution in [2.24, 2.45) is 0 Å². The minimum atomic E-state index is -0.288. The molecule has 0 aliphatic carbocycles. The van der Waals surface area contributed by atoms with Gasteiger partial charge in [0.25, 0.3) is 11.8 Å². The Kier molecular flexibility index (Phi) is 7.96. The number of nitrogens with one attached hydrogen (secondary N) is 3. The van der Waals surface area contributed by atoms with Gasteiger partial charge in [0.15, 0.2) is 0 Å². The van der Waals surface area contributed by atoms with Gasteiger partial charge in [-0.15, -0.1) is 0 Å². The SMILES string of the molecule is O=C(CCn1ccnc1)Nc1cccc(C(=O)NCCCNC(=O)c2cccc(O)c2)c1. The predicted octanol–water partition coefficient (Wildman–Crippen LogP) is 2.17. The maximum atomic E-state index is 12.4. The van der Waals surface area contributed by atoms with Crippen molar-refractivity contribution < 1.29 is 19.5 Å². The van der Waals surface area contributed by atoms with Gasteiger partial charge in [-0.1, -0.05) is 12.1 Å². The summed E-state index contributed by atoms with van der Waals surface area (Å²) < 4.78 is 1.82. The lowest BCUT2D eigenvalue weighted by Gasteiger charge is -2.09. The van der Waals surface area contributed by atoms with E-state index in [2.05, 4.69) is 20.9 Å². The summed E-state index contributed by atoms with van der Waals surface area (Å²) in [5.74, 6) is -0.678. The Labute approximate surface area is 185 Å². The molecule has 166 valence electrons. The van der Waals surface area contributed by atoms with Crippen molar-refractivity contribution >= 4 is 23.4 Å². The van der Waals surface area contributed by atoms with E-state index < -0.39 is 0 Å². The van der Waals surface area contributed by atoms with Crippen LogP contribution in [0.2, 0.25) is 0 Å². The summed E-state index contributed by atoms with van der Waals surface area (Å²) in [6.45, 7) is 1.27. The number of imidazole rings is 1. The first-order valence-corrected chi connectivity index (χ1v) is 10.2. The molecule has 0 saturated carbocycles. The number of phenolic OH excluding ortho intramolecular Hbond substituents is 1. The molecular weight excluding hydrogens is 410 g/mol. The van der Waals surface area contributed by atoms with Crippen LogP contribution >= 0.6 is 0 Å². The summed E-state index contributed by atoms with van der Waals surface area (Å²) in [7, 11) is 0. The number of anilines is 1. The maximum Gasteiger partial charge on any atom is 0.251 e. The van der Waals surface area contributed by atoms with Crippen molar-refractivity contribution in [1.82, 2.24) is 20.2 Å². The molecule has 0 spiro atoms. The number of carbonyl (C=O) groups is 3. The van der Waals surface area contributed by atoms with Crippen molar-refractivity contribution in [3.63, 3.8) is 0 Å². The molecule has 0 radical (unpaired) electrons. The van der Waals surface area contributed by atoms with Crippen molar-refractivity contribution in [2.75, 3.05) is 18.4 Å². The van der Waals surface area contributed by atoms with E-state index in [0.717, 1.165) is 0 Å². The van der Waals surface area contributed by atoms with Gasteiger partial charge in [0.2, 0.25) is 5.91 Å². The quantitative estimate of drug-likeness (QED) is 0.363. The zero-order valence-electron chi connectivity index (χ0n) is 17.5. The maximum absolute atomic E-state index is 12.4. The molecule has 3 aromatic rings. The van der Waals surface area contributed by atoms with Crippen LogP contribution in [-0.2, 0) is 11.3 Å². The molecule has 2 aromatic carbocycles. The van der Waals surface area contributed by atoms with Crippen LogP contribution in [0.3, 0.4) is 0 Å². The van der Waals surface area contributed by atoms with Crippen LogP contribution in [-0.4, -0.2) is 45.5 Å². The number of amides is 3. The molecule has 32 heavy (non-hydrogen) atoms. The second kappa shape index (κ2) is 11.3. The first-order valence-electron chi connectivity index (χ1n) is 10.2. The molecule has 9 heteroatoms. The minimum absolute atomic E-state index is 0.0292. The molecule has 3 amide bonds. The lowest BCUT2D eigenvalue weighted by molar-refractivity contribution is -0.116. The van der Waals surface area contributed by atoms with Crippen LogP contribution in [0.5, 0.6) is 5.75 Å². The Morgan fingerprint density at radius 3 is 2.28 bits per heavy atom. The van der Waals surface area contributed by atoms with Gasteiger partial charge in [0.1, 0.15) is 5.75 Å². The first kappa shape index (κ1) is 22.5. The molecule has 0 fully saturated rings. The second-order valence-corrected chi connectivity index (χ2v) is 7.10. The smallest absolute Gasteiger partial charge is 0.251 e. The average Bonchev–Trinajstić information content (AvgIpc) is 3.31. The molecule has 3 rings (SSSR count). The van der Waals surface area contributed by atoms with E-state index >= 15 is 0 Å². The number of aromatic nitrogens is 2. The number of hydrogen-bond donors (Lipinski definition) is 4. The van der Waals surface area contributed by atoms with E-state index in [0.29, 0.717) is 49.3 Å². The molecule has 4 N–H and O–H groups in total. The van der Waals surface area contributed by atoms with Crippen LogP contribution < -0.4 is 16.0 Å². The Bertz CT molecular complexity index is 1070. The Hall–Kier alpha value is -4.14. The van der Waals surface area contributed by atoms with Gasteiger partial charge in [0, 0.05) is 55.3 Å². The summed E-state index contributed by atoms with van der Waals surface area (Å²) >= 11 is 0. The highest BCUT2D eigenvalue weighted by atomic mass is 16.3. The molecule has 0 aliphatic rings. The highest BCUT2D eigenvalue weighted by Crippen LogP contribution is 2.12. The molecular formula is C23H25N5O4. The number of benzene rings is 2. The molecule has 0 atom stereocenters. The Morgan fingerprint density at radius 2 is 1.62 bits per heavy atom. The van der Waals surface area contributed by atoms with Crippen molar-refractivity contribution in [3.05, 3.63) is 78.4 Å². The van der Waals surface area contributed by atoms with E-state index in [-0.39, 0.29) is 23.5 Å². The third kappa shape index (κ3) is 6.98. The monoisotopic (exact) mass is 435 g/mol. The van der Waals surface area contributed by atoms with E-state index in [1.807, 2.05) is 4.57 Å². The molecule has 1 aromatic heterocycles. The topological polar surface area (TPSA) is 125 Å². The summed E-state index contributed by atoms with van der Waals surface area (Å²) in [5.41, 5.74) is 1.35. The number of hydrogen-bond acceptors (Lipinski definition) is 5. The second-order valence-electron chi connectivity index (χ2n) is 7.10. The lowest BCUT2D eigenvalue weighted by Crippen LogP contribution is -2.30. The molecule has 0 aliphatic heterocycles. The standard InChI is InChI=1S/C23H25N5O4/c29-20-7-2-5-18(15-20)23(32)26-10-3-9-25-22(31)17-4-1-6-19(14-17)27-21(30)8-12-28-13-11-24-16-28/h1-2,4-7,11,13-16,29H,3,8-10,12H2,(H,25,31)(H,26,32)(H,27,30). The molecule has 0 bridgehead atoms. The number of phenols is 1. The zero-order chi connectivity index (χ0) is 22.8. The summed E-state index contributed by atoms with van der Waals surface area (Å²) in [6.07, 6.45) is 5.93. The van der Waals surface area contributed by atoms with Gasteiger partial charge in [-0.2, -0.15) is 0 Å². The normalized spacial score (nSPS) is 10.4. The summed E-state index contributed by atoms with van der Waals surface area (Å²) in [4.78, 5) is 40.4. The number of nitrogens with zero attached hydrogens (tertiary/aromatic N) is 2. The van der Waals surface area contributed by atoms with Crippen molar-refractivity contribution in [1.29, 1.82) is 0 Å². The highest BCUT2D eigenvalue weighted by Gasteiger charge is 2.09. The van der Waals surface area contributed by atoms with E-state index in [1.165, 1.54) is 12.1 Å². The fourth-order valence-electron chi connectivity index (χ4n) is 2.95. The molecule has 0 saturated heterocycles. The molecule has 1 heterocycles. The van der Waals surface area contributed by atoms with Crippen molar-refractivity contribution in [3.8, 4) is 5.75 Å². The largest absolute Gasteiger partial charge is 0.508 e. The fourth-order valence-corrected chi connectivity index (χ4v) is 2.95. The molecule has 0 unspecified atom stereocenters. The van der Waals surface area contributed by atoms with E-state index in [4.69, 9.17) is 0 Å². The first-order chi connectivity index (χ1) is 15.5. The van der Waals surface area contributed by atoms with Gasteiger partial charge in [-0.05, 0) is 42.8 Å². The van der Waals surface area contributed by atoms with Crippen LogP contribution in [0.4, 0.5) is 5.69 Å². The zero-order valence-corrected chi connectivity index (χ0v) is 17.5. The number of carbonyl (C=O) groups excluding carboxylic acids is 3. The van der Waals surface area contributed by atoms with Crippen LogP contribution in [0.25, 0.3) is 0 Å². The predicted molar refractivity (Wildman–Crippen MR) is 119 cm³/mol. The molecule has 9 nitrogen and oxygen atoms in total. The van der Waals surface area contributed by atoms with Crippen LogP contribution in [0.1, 0.15) is 33.6 Å². The van der Waals surface area contributed by atoms with E-state index in [1.54, 1.807) is 55.1 Å². The number of aromatic hydroxyl groups is 1. The van der Waals surface area contributed by atoms with Crippen LogP contribution in [0.15, 0.2) is 67.3 Å². The highest BCUT2D eigenvalue weighted by molar-refractivity contribution is 5.97. The van der Waals surface area contributed by atoms with Crippen molar-refractivity contribution in [2.45, 2.75) is 19.4 Å². The Morgan fingerprint density at radius 1 is 0.938 bits per heavy atom. The van der Waals surface area contributed by atoms with E-state index in [9.17, 15) is 19.5 Å². The third-order valence-electron chi connectivity index (χ3n) is 4.60. The number of rotatable bonds is 10. The Balaban J connectivity index is 1.38. The average molecular weight is 435 g/mol. The number of aryl methyl sites for hydroxylation is 1. The van der Waals surface area contributed by atoms with Crippen LogP contribution in [0, 0.1) is 0 Å². The van der Waals surface area contributed by atoms with Gasteiger partial charge in [0.05, 0.1) is 6.33 Å². The summed E-state index contributed by atoms with van der Waals surface area (Å²) in [5, 5.41) is 17.7. The summed E-state index contributed by atoms with van der Waals surface area (Å²) in [6, 6.07) is 12.8. The fraction of sp³-hybridized carbons (Fsp3) is 0.217. The van der Waals surface area contributed by atoms with Gasteiger partial charge >= 0.3 is 0 Å². The van der Waals surface area contributed by atoms with Gasteiger partial charge in [-0.3, -0.25) is 14.4 Å². The van der Waals surface area contributed by atoms with Gasteiger partial charge < -0.3 is 25.6 Å². The lowest BCUT2D eigenvalue weighted by atomic mass is 10.2.